The third kappa shape index (κ3) is 1.06. The molecular formula is C6H7N7. The molecule has 66 valence electrons. The highest BCUT2D eigenvalue weighted by atomic mass is 15.2. The number of H-pyrrole nitrogens is 1. The van der Waals surface area contributed by atoms with Crippen molar-refractivity contribution in [2.24, 2.45) is 16.7 Å². The minimum atomic E-state index is 0.178. The first kappa shape index (κ1) is 7.47. The van der Waals surface area contributed by atoms with Crippen LogP contribution in [-0.4, -0.2) is 26.0 Å². The van der Waals surface area contributed by atoms with Gasteiger partial charge in [0.25, 0.3) is 0 Å². The second-order valence-electron chi connectivity index (χ2n) is 2.37. The summed E-state index contributed by atoms with van der Waals surface area (Å²) in [5.41, 5.74) is 6.58. The van der Waals surface area contributed by atoms with Gasteiger partial charge in [0.15, 0.2) is 11.5 Å². The second kappa shape index (κ2) is 2.70. The molecule has 0 fully saturated rings. The fraction of sp³-hybridized carbons (Fsp3) is 0. The zero-order valence-corrected chi connectivity index (χ0v) is 6.60. The third-order valence-electron chi connectivity index (χ3n) is 1.63. The van der Waals surface area contributed by atoms with E-state index in [2.05, 4.69) is 25.3 Å². The maximum absolute atomic E-state index is 5.50. The van der Waals surface area contributed by atoms with Gasteiger partial charge in [-0.15, -0.1) is 0 Å². The first-order valence-electron chi connectivity index (χ1n) is 3.50. The number of aromatic nitrogens is 4. The zero-order valence-electron chi connectivity index (χ0n) is 6.60. The normalized spacial score (nSPS) is 12.2. The largest absolute Gasteiger partial charge is 0.380 e. The van der Waals surface area contributed by atoms with E-state index in [0.717, 1.165) is 0 Å². The van der Waals surface area contributed by atoms with Crippen molar-refractivity contribution in [3.63, 3.8) is 0 Å². The maximum atomic E-state index is 5.50. The van der Waals surface area contributed by atoms with Crippen LogP contribution in [0.2, 0.25) is 0 Å². The van der Waals surface area contributed by atoms with E-state index in [-0.39, 0.29) is 5.84 Å². The molecule has 0 aliphatic heterocycles. The lowest BCUT2D eigenvalue weighted by atomic mass is 10.3. The molecule has 7 nitrogen and oxygen atoms in total. The van der Waals surface area contributed by atoms with Gasteiger partial charge in [-0.05, 0) is 0 Å². The van der Waals surface area contributed by atoms with Crippen molar-refractivity contribution in [3.05, 3.63) is 18.2 Å². The Hall–Kier alpha value is -2.18. The lowest BCUT2D eigenvalue weighted by Gasteiger charge is -1.92. The third-order valence-corrected chi connectivity index (χ3v) is 1.63. The summed E-state index contributed by atoms with van der Waals surface area (Å²) in [5, 5.41) is 10.6. The van der Waals surface area contributed by atoms with Gasteiger partial charge >= 0.3 is 0 Å². The number of nitrogens with one attached hydrogen (secondary N) is 1. The van der Waals surface area contributed by atoms with Crippen LogP contribution in [0.4, 0.5) is 0 Å². The summed E-state index contributed by atoms with van der Waals surface area (Å²) >= 11 is 0. The maximum Gasteiger partial charge on any atom is 0.184 e. The van der Waals surface area contributed by atoms with E-state index in [1.807, 2.05) is 0 Å². The van der Waals surface area contributed by atoms with Crippen molar-refractivity contribution < 1.29 is 0 Å². The molecule has 0 saturated heterocycles. The number of hydrogen-bond donors (Lipinski definition) is 3. The number of aromatic amines is 1. The van der Waals surface area contributed by atoms with E-state index in [1.165, 1.54) is 6.33 Å². The van der Waals surface area contributed by atoms with Crippen LogP contribution in [-0.2, 0) is 0 Å². The number of nitrogens with zero attached hydrogens (tertiary/aromatic N) is 4. The van der Waals surface area contributed by atoms with Gasteiger partial charge in [0.2, 0.25) is 0 Å². The Kier molecular flexibility index (Phi) is 1.55. The van der Waals surface area contributed by atoms with E-state index in [0.29, 0.717) is 16.7 Å². The van der Waals surface area contributed by atoms with Crippen molar-refractivity contribution >= 4 is 16.9 Å². The Bertz CT molecular complexity index is 457. The molecule has 0 radical (unpaired) electrons. The van der Waals surface area contributed by atoms with E-state index >= 15 is 0 Å². The molecule has 0 unspecified atom stereocenters. The highest BCUT2D eigenvalue weighted by Gasteiger charge is 2.08. The SMILES string of the molecule is NN=C(N)c1[nH]nc2ncncc12. The molecule has 0 amide bonds. The van der Waals surface area contributed by atoms with E-state index in [4.69, 9.17) is 11.6 Å². The molecule has 7 heteroatoms. The molecule has 5 N–H and O–H groups in total. The Balaban J connectivity index is 2.71. The molecule has 0 saturated carbocycles. The molecule has 2 aromatic heterocycles. The molecule has 2 aromatic rings. The lowest BCUT2D eigenvalue weighted by molar-refractivity contribution is 1.07. The van der Waals surface area contributed by atoms with Crippen LogP contribution >= 0.6 is 0 Å². The van der Waals surface area contributed by atoms with Gasteiger partial charge in [0.1, 0.15) is 12.0 Å². The molecule has 0 aliphatic rings. The molecular weight excluding hydrogens is 170 g/mol. The van der Waals surface area contributed by atoms with Crippen LogP contribution in [0.3, 0.4) is 0 Å². The first-order chi connectivity index (χ1) is 6.33. The van der Waals surface area contributed by atoms with Gasteiger partial charge in [-0.1, -0.05) is 0 Å². The number of amidine groups is 1. The fourth-order valence-corrected chi connectivity index (χ4v) is 1.02. The Morgan fingerprint density at radius 2 is 2.38 bits per heavy atom. The Morgan fingerprint density at radius 3 is 3.15 bits per heavy atom. The topological polar surface area (TPSA) is 119 Å². The van der Waals surface area contributed by atoms with Gasteiger partial charge < -0.3 is 11.6 Å². The highest BCUT2D eigenvalue weighted by molar-refractivity contribution is 6.05. The van der Waals surface area contributed by atoms with E-state index in [1.54, 1.807) is 6.20 Å². The van der Waals surface area contributed by atoms with Crippen molar-refractivity contribution in [2.45, 2.75) is 0 Å². The van der Waals surface area contributed by atoms with Crippen LogP contribution in [0.25, 0.3) is 11.0 Å². The van der Waals surface area contributed by atoms with Crippen LogP contribution in [0.1, 0.15) is 5.69 Å². The van der Waals surface area contributed by atoms with Crippen molar-refractivity contribution in [1.82, 2.24) is 20.2 Å². The molecule has 0 atom stereocenters. The van der Waals surface area contributed by atoms with E-state index < -0.39 is 0 Å². The number of hydrazone groups is 1. The van der Waals surface area contributed by atoms with Crippen molar-refractivity contribution in [2.75, 3.05) is 0 Å². The molecule has 0 bridgehead atoms. The number of rotatable bonds is 1. The number of nitrogens with two attached hydrogens (primary N) is 2. The summed E-state index contributed by atoms with van der Waals surface area (Å²) in [6.45, 7) is 0. The minimum absolute atomic E-state index is 0.178. The summed E-state index contributed by atoms with van der Waals surface area (Å²) in [7, 11) is 0. The molecule has 13 heavy (non-hydrogen) atoms. The second-order valence-corrected chi connectivity index (χ2v) is 2.37. The average Bonchev–Trinajstić information content (AvgIpc) is 2.60. The highest BCUT2D eigenvalue weighted by Crippen LogP contribution is 2.10. The van der Waals surface area contributed by atoms with Gasteiger partial charge in [-0.25, -0.2) is 9.97 Å². The zero-order chi connectivity index (χ0) is 9.26. The quantitative estimate of drug-likeness (QED) is 0.222. The molecule has 0 aromatic carbocycles. The predicted molar refractivity (Wildman–Crippen MR) is 46.6 cm³/mol. The Labute approximate surface area is 72.9 Å². The summed E-state index contributed by atoms with van der Waals surface area (Å²) < 4.78 is 0. The summed E-state index contributed by atoms with van der Waals surface area (Å²) in [5.74, 6) is 5.21. The summed E-state index contributed by atoms with van der Waals surface area (Å²) in [4.78, 5) is 7.75. The fourth-order valence-electron chi connectivity index (χ4n) is 1.02. The Morgan fingerprint density at radius 1 is 1.54 bits per heavy atom. The summed E-state index contributed by atoms with van der Waals surface area (Å²) in [6.07, 6.45) is 3.00. The molecule has 0 spiro atoms. The molecule has 2 rings (SSSR count). The predicted octanol–water partition coefficient (Wildman–Crippen LogP) is -1.07. The lowest BCUT2D eigenvalue weighted by Crippen LogP contribution is -2.16. The van der Waals surface area contributed by atoms with Gasteiger partial charge in [0, 0.05) is 6.20 Å². The minimum Gasteiger partial charge on any atom is -0.380 e. The van der Waals surface area contributed by atoms with Gasteiger partial charge in [0.05, 0.1) is 5.39 Å². The van der Waals surface area contributed by atoms with Crippen LogP contribution < -0.4 is 11.6 Å². The monoisotopic (exact) mass is 177 g/mol. The van der Waals surface area contributed by atoms with Crippen LogP contribution in [0, 0.1) is 0 Å². The first-order valence-corrected chi connectivity index (χ1v) is 3.50. The smallest absolute Gasteiger partial charge is 0.184 e. The van der Waals surface area contributed by atoms with Gasteiger partial charge in [-0.3, -0.25) is 5.10 Å². The van der Waals surface area contributed by atoms with Gasteiger partial charge in [-0.2, -0.15) is 10.2 Å². The van der Waals surface area contributed by atoms with Crippen LogP contribution in [0.15, 0.2) is 17.6 Å². The number of hydrogen-bond acceptors (Lipinski definition) is 5. The van der Waals surface area contributed by atoms with Crippen LogP contribution in [0.5, 0.6) is 0 Å². The standard InChI is InChI=1S/C6H7N7/c7-5(11-8)4-3-1-9-2-10-6(3)13-12-4/h1-2H,8H2,(H2,7,11)(H,9,10,12,13). The van der Waals surface area contributed by atoms with E-state index in [9.17, 15) is 0 Å². The van der Waals surface area contributed by atoms with Crippen molar-refractivity contribution in [3.8, 4) is 0 Å². The molecule has 0 aliphatic carbocycles. The average molecular weight is 177 g/mol. The van der Waals surface area contributed by atoms with Crippen molar-refractivity contribution in [1.29, 1.82) is 0 Å². The number of fused-ring (bicyclic) bond motifs is 1. The molecule has 2 heterocycles. The summed E-state index contributed by atoms with van der Waals surface area (Å²) in [6, 6.07) is 0.